The Morgan fingerprint density at radius 3 is 2.75 bits per heavy atom. The third kappa shape index (κ3) is 1.17. The van der Waals surface area contributed by atoms with E-state index >= 15 is 0 Å². The summed E-state index contributed by atoms with van der Waals surface area (Å²) in [5.41, 5.74) is 0. The Morgan fingerprint density at radius 1 is 1.62 bits per heavy atom. The van der Waals surface area contributed by atoms with E-state index in [9.17, 15) is 4.39 Å². The average Bonchev–Trinajstić information content (AvgIpc) is 1.77. The molecule has 0 aromatic carbocycles. The van der Waals surface area contributed by atoms with Crippen molar-refractivity contribution in [3.05, 3.63) is 0 Å². The van der Waals surface area contributed by atoms with Crippen LogP contribution in [0.4, 0.5) is 4.39 Å². The maximum Gasteiger partial charge on any atom is 0.149 e. The molecule has 0 amide bonds. The Bertz CT molecular complexity index is 66.8. The minimum Gasteiger partial charge on any atom is -0.390 e. The first kappa shape index (κ1) is 5.98. The highest BCUT2D eigenvalue weighted by Crippen LogP contribution is 2.09. The smallest absolute Gasteiger partial charge is 0.149 e. The zero-order valence-electron chi connectivity index (χ0n) is 4.51. The van der Waals surface area contributed by atoms with E-state index in [2.05, 4.69) is 0 Å². The molecular formula is C5H9FO2. The van der Waals surface area contributed by atoms with Gasteiger partial charge in [-0.2, -0.15) is 0 Å². The van der Waals surface area contributed by atoms with Crippen LogP contribution < -0.4 is 0 Å². The normalized spacial score (nSPS) is 39.8. The predicted molar refractivity (Wildman–Crippen MR) is 26.3 cm³/mol. The molecular weight excluding hydrogens is 111 g/mol. The van der Waals surface area contributed by atoms with Gasteiger partial charge in [-0.1, -0.05) is 0 Å². The second kappa shape index (κ2) is 2.42. The van der Waals surface area contributed by atoms with Crippen LogP contribution in [0.25, 0.3) is 0 Å². The topological polar surface area (TPSA) is 29.5 Å². The van der Waals surface area contributed by atoms with Crippen LogP contribution in [0.1, 0.15) is 6.42 Å². The summed E-state index contributed by atoms with van der Waals surface area (Å²) in [4.78, 5) is 0. The van der Waals surface area contributed by atoms with Crippen LogP contribution in [0.2, 0.25) is 0 Å². The monoisotopic (exact) mass is 120 g/mol. The van der Waals surface area contributed by atoms with Gasteiger partial charge in [0, 0.05) is 6.61 Å². The van der Waals surface area contributed by atoms with Gasteiger partial charge in [-0.05, 0) is 6.42 Å². The lowest BCUT2D eigenvalue weighted by molar-refractivity contribution is -0.0493. The molecule has 1 saturated heterocycles. The van der Waals surface area contributed by atoms with E-state index in [1.807, 2.05) is 0 Å². The lowest BCUT2D eigenvalue weighted by atomic mass is 10.1. The Morgan fingerprint density at radius 2 is 2.38 bits per heavy atom. The van der Waals surface area contributed by atoms with E-state index in [-0.39, 0.29) is 6.61 Å². The van der Waals surface area contributed by atoms with Crippen molar-refractivity contribution in [3.8, 4) is 0 Å². The number of ether oxygens (including phenoxy) is 1. The van der Waals surface area contributed by atoms with Crippen LogP contribution in [0, 0.1) is 0 Å². The number of rotatable bonds is 0. The number of halogens is 1. The minimum absolute atomic E-state index is 0.0567. The molecule has 1 aliphatic rings. The van der Waals surface area contributed by atoms with Gasteiger partial charge in [0.25, 0.3) is 0 Å². The number of alkyl halides is 1. The molecule has 2 atom stereocenters. The number of aliphatic hydroxyl groups is 1. The number of aliphatic hydroxyl groups excluding tert-OH is 1. The van der Waals surface area contributed by atoms with E-state index in [4.69, 9.17) is 9.84 Å². The van der Waals surface area contributed by atoms with Gasteiger partial charge in [-0.15, -0.1) is 0 Å². The zero-order valence-corrected chi connectivity index (χ0v) is 4.51. The van der Waals surface area contributed by atoms with Crippen LogP contribution in [0.5, 0.6) is 0 Å². The Hall–Kier alpha value is -0.150. The molecule has 1 N–H and O–H groups in total. The van der Waals surface area contributed by atoms with Crippen molar-refractivity contribution < 1.29 is 14.2 Å². The molecule has 0 saturated carbocycles. The molecule has 0 spiro atoms. The van der Waals surface area contributed by atoms with E-state index in [1.54, 1.807) is 0 Å². The molecule has 3 heteroatoms. The van der Waals surface area contributed by atoms with Crippen molar-refractivity contribution >= 4 is 0 Å². The predicted octanol–water partition coefficient (Wildman–Crippen LogP) is 0.106. The molecule has 1 heterocycles. The van der Waals surface area contributed by atoms with Crippen molar-refractivity contribution in [2.75, 3.05) is 13.2 Å². The molecule has 48 valence electrons. The maximum atomic E-state index is 12.2. The summed E-state index contributed by atoms with van der Waals surface area (Å²) in [6.45, 7) is 0.544. The summed E-state index contributed by atoms with van der Waals surface area (Å²) in [7, 11) is 0. The summed E-state index contributed by atoms with van der Waals surface area (Å²) in [6, 6.07) is 0. The fourth-order valence-electron chi connectivity index (χ4n) is 0.692. The van der Waals surface area contributed by atoms with Crippen molar-refractivity contribution in [1.82, 2.24) is 0 Å². The van der Waals surface area contributed by atoms with Crippen LogP contribution in [0.3, 0.4) is 0 Å². The van der Waals surface area contributed by atoms with Gasteiger partial charge in [0.05, 0.1) is 12.7 Å². The molecule has 0 aromatic rings. The summed E-state index contributed by atoms with van der Waals surface area (Å²) < 4.78 is 16.9. The second-order valence-electron chi connectivity index (χ2n) is 1.95. The van der Waals surface area contributed by atoms with Gasteiger partial charge < -0.3 is 9.84 Å². The van der Waals surface area contributed by atoms with Gasteiger partial charge in [0.15, 0.2) is 0 Å². The molecule has 2 unspecified atom stereocenters. The van der Waals surface area contributed by atoms with Crippen molar-refractivity contribution in [2.24, 2.45) is 0 Å². The van der Waals surface area contributed by atoms with Gasteiger partial charge in [0.2, 0.25) is 0 Å². The largest absolute Gasteiger partial charge is 0.390 e. The third-order valence-corrected chi connectivity index (χ3v) is 1.25. The van der Waals surface area contributed by atoms with Crippen LogP contribution in [-0.2, 0) is 4.74 Å². The molecule has 8 heavy (non-hydrogen) atoms. The van der Waals surface area contributed by atoms with Crippen molar-refractivity contribution in [1.29, 1.82) is 0 Å². The first-order chi connectivity index (χ1) is 3.80. The minimum atomic E-state index is -1.16. The van der Waals surface area contributed by atoms with E-state index in [0.717, 1.165) is 0 Å². The standard InChI is InChI=1S/C5H9FO2/c6-4-3-8-2-1-5(4)7/h4-5,7H,1-3H2. The lowest BCUT2D eigenvalue weighted by Gasteiger charge is -2.20. The fraction of sp³-hybridized carbons (Fsp3) is 1.00. The first-order valence-corrected chi connectivity index (χ1v) is 2.70. The Labute approximate surface area is 47.3 Å². The van der Waals surface area contributed by atoms with Crippen LogP contribution in [0.15, 0.2) is 0 Å². The maximum absolute atomic E-state index is 12.2. The van der Waals surface area contributed by atoms with Gasteiger partial charge in [-0.3, -0.25) is 0 Å². The van der Waals surface area contributed by atoms with Gasteiger partial charge in [-0.25, -0.2) is 4.39 Å². The summed E-state index contributed by atoms with van der Waals surface area (Å²) >= 11 is 0. The Balaban J connectivity index is 2.28. The van der Waals surface area contributed by atoms with Crippen molar-refractivity contribution in [3.63, 3.8) is 0 Å². The lowest BCUT2D eigenvalue weighted by Crippen LogP contribution is -2.32. The molecule has 1 rings (SSSR count). The van der Waals surface area contributed by atoms with Crippen LogP contribution in [-0.4, -0.2) is 30.6 Å². The fourth-order valence-corrected chi connectivity index (χ4v) is 0.692. The molecule has 1 aliphatic heterocycles. The van der Waals surface area contributed by atoms with Crippen LogP contribution >= 0.6 is 0 Å². The average molecular weight is 120 g/mol. The molecule has 2 nitrogen and oxygen atoms in total. The highest BCUT2D eigenvalue weighted by atomic mass is 19.1. The third-order valence-electron chi connectivity index (χ3n) is 1.25. The molecule has 0 radical (unpaired) electrons. The highest BCUT2D eigenvalue weighted by molar-refractivity contribution is 4.70. The van der Waals surface area contributed by atoms with Crippen molar-refractivity contribution in [2.45, 2.75) is 18.7 Å². The summed E-state index contributed by atoms with van der Waals surface area (Å²) in [5.74, 6) is 0. The quantitative estimate of drug-likeness (QED) is 0.491. The zero-order chi connectivity index (χ0) is 5.98. The highest BCUT2D eigenvalue weighted by Gasteiger charge is 2.22. The summed E-state index contributed by atoms with van der Waals surface area (Å²) in [5, 5.41) is 8.72. The SMILES string of the molecule is OC1CCOCC1F. The van der Waals surface area contributed by atoms with E-state index in [0.29, 0.717) is 13.0 Å². The van der Waals surface area contributed by atoms with Gasteiger partial charge in [0.1, 0.15) is 6.17 Å². The van der Waals surface area contributed by atoms with E-state index < -0.39 is 12.3 Å². The van der Waals surface area contributed by atoms with Gasteiger partial charge >= 0.3 is 0 Å². The molecule has 0 bridgehead atoms. The summed E-state index contributed by atoms with van der Waals surface area (Å²) in [6.07, 6.45) is -1.52. The first-order valence-electron chi connectivity index (χ1n) is 2.70. The second-order valence-corrected chi connectivity index (χ2v) is 1.95. The molecule has 1 fully saturated rings. The molecule has 0 aromatic heterocycles. The van der Waals surface area contributed by atoms with E-state index in [1.165, 1.54) is 0 Å². The Kier molecular flexibility index (Phi) is 1.81. The number of hydrogen-bond acceptors (Lipinski definition) is 2. The number of hydrogen-bond donors (Lipinski definition) is 1. The molecule has 0 aliphatic carbocycles.